The first-order valence-corrected chi connectivity index (χ1v) is 15.0. The van der Waals surface area contributed by atoms with Crippen LogP contribution in [-0.4, -0.2) is 59.8 Å². The highest BCUT2D eigenvalue weighted by Gasteiger charge is 2.32. The molecule has 5 nitrogen and oxygen atoms in total. The quantitative estimate of drug-likeness (QED) is 0.291. The zero-order valence-corrected chi connectivity index (χ0v) is 27.8. The van der Waals surface area contributed by atoms with E-state index in [-0.39, 0.29) is 5.48 Å². The Bertz CT molecular complexity index is 1300. The summed E-state index contributed by atoms with van der Waals surface area (Å²) in [7, 11) is 12.0. The van der Waals surface area contributed by atoms with Crippen LogP contribution in [-0.2, 0) is 0 Å². The number of rotatable bonds is 7. The molecule has 0 spiro atoms. The standard InChI is InChI=1S/C25H21B2N.C6H14O2.C6H14O.H2O/c26-21-13-15-23(16-14-21)28(18-19-7-6-10-22(27)17-19)25-12-5-4-11-24(25)20-8-2-1-3-9-20;1-5(2,7)6(3,4)8;1-5(2)6(3,4)7;/h1-6,8-17,19H,7,18H2;7-8H,1-4H3;5,7H,1-4H3;1H2. The highest BCUT2D eigenvalue weighted by Crippen LogP contribution is 2.36. The van der Waals surface area contributed by atoms with Gasteiger partial charge in [-0.2, -0.15) is 0 Å². The molecule has 0 saturated heterocycles. The average Bonchev–Trinajstić information content (AvgIpc) is 2.92. The van der Waals surface area contributed by atoms with Crippen LogP contribution in [0.15, 0.2) is 103 Å². The SMILES string of the molecule is CC(C)(O)C(C)(C)O.CC(C)C(C)(C)O.O.[B]C1=CC(CN(c2ccc([B])cc2)c2ccccc2-c2ccccc2)CC=C1. The van der Waals surface area contributed by atoms with E-state index in [4.69, 9.17) is 31.0 Å². The lowest BCUT2D eigenvalue weighted by atomic mass is 9.85. The maximum Gasteiger partial charge on any atom is 0.113 e. The van der Waals surface area contributed by atoms with Crippen LogP contribution in [0.1, 0.15) is 61.8 Å². The second kappa shape index (κ2) is 16.8. The van der Waals surface area contributed by atoms with Crippen molar-refractivity contribution in [1.82, 2.24) is 0 Å². The fourth-order valence-electron chi connectivity index (χ4n) is 3.70. The summed E-state index contributed by atoms with van der Waals surface area (Å²) in [4.78, 5) is 2.37. The van der Waals surface area contributed by atoms with Gasteiger partial charge in [-0.3, -0.25) is 0 Å². The van der Waals surface area contributed by atoms with E-state index in [1.165, 1.54) is 16.8 Å². The van der Waals surface area contributed by atoms with Crippen LogP contribution in [0.3, 0.4) is 0 Å². The summed E-state index contributed by atoms with van der Waals surface area (Å²) in [5.74, 6) is 0.707. The van der Waals surface area contributed by atoms with Gasteiger partial charge in [0.25, 0.3) is 0 Å². The first kappa shape index (κ1) is 38.9. The molecule has 7 heteroatoms. The summed E-state index contributed by atoms with van der Waals surface area (Å²) in [6.07, 6.45) is 7.29. The van der Waals surface area contributed by atoms with Gasteiger partial charge in [0.2, 0.25) is 0 Å². The molecule has 5 N–H and O–H groups in total. The summed E-state index contributed by atoms with van der Waals surface area (Å²) < 4.78 is 0. The summed E-state index contributed by atoms with van der Waals surface area (Å²) in [6, 6.07) is 27.1. The van der Waals surface area contributed by atoms with Crippen molar-refractivity contribution in [3.63, 3.8) is 0 Å². The molecule has 4 radical (unpaired) electrons. The molecular weight excluding hydrogens is 544 g/mol. The van der Waals surface area contributed by atoms with Gasteiger partial charge in [0, 0.05) is 23.5 Å². The van der Waals surface area contributed by atoms with Crippen molar-refractivity contribution in [2.75, 3.05) is 11.4 Å². The summed E-state index contributed by atoms with van der Waals surface area (Å²) in [5.41, 5.74) is 3.81. The van der Waals surface area contributed by atoms with Crippen molar-refractivity contribution in [3.8, 4) is 11.1 Å². The summed E-state index contributed by atoms with van der Waals surface area (Å²) in [6.45, 7) is 14.8. The van der Waals surface area contributed by atoms with Crippen molar-refractivity contribution in [2.45, 2.75) is 78.6 Å². The Kier molecular flexibility index (Phi) is 14.9. The van der Waals surface area contributed by atoms with Crippen LogP contribution in [0.5, 0.6) is 0 Å². The van der Waals surface area contributed by atoms with Crippen LogP contribution in [0.2, 0.25) is 0 Å². The average molecular weight is 595 g/mol. The highest BCUT2D eigenvalue weighted by atomic mass is 16.3. The second-order valence-electron chi connectivity index (χ2n) is 13.1. The molecule has 4 rings (SSSR count). The molecule has 0 aromatic heterocycles. The predicted octanol–water partition coefficient (Wildman–Crippen LogP) is 6.03. The number of allylic oxidation sites excluding steroid dienone is 3. The van der Waals surface area contributed by atoms with Gasteiger partial charge in [0.1, 0.15) is 15.7 Å². The lowest BCUT2D eigenvalue weighted by molar-refractivity contribution is -0.107. The van der Waals surface area contributed by atoms with Crippen LogP contribution in [0.25, 0.3) is 11.1 Å². The van der Waals surface area contributed by atoms with Crippen LogP contribution >= 0.6 is 0 Å². The van der Waals surface area contributed by atoms with Gasteiger partial charge in [0.15, 0.2) is 0 Å². The van der Waals surface area contributed by atoms with Crippen molar-refractivity contribution in [1.29, 1.82) is 0 Å². The molecule has 3 aromatic carbocycles. The number of nitrogens with zero attached hydrogens (tertiary/aromatic N) is 1. The minimum absolute atomic E-state index is 0. The molecule has 0 aliphatic heterocycles. The topological polar surface area (TPSA) is 95.4 Å². The predicted molar refractivity (Wildman–Crippen MR) is 189 cm³/mol. The van der Waals surface area contributed by atoms with E-state index in [2.05, 4.69) is 77.7 Å². The maximum atomic E-state index is 9.10. The Morgan fingerprint density at radius 1 is 0.773 bits per heavy atom. The molecule has 0 fully saturated rings. The van der Waals surface area contributed by atoms with Gasteiger partial charge in [-0.05, 0) is 83.6 Å². The fraction of sp³-hybridized carbons (Fsp3) is 0.405. The first-order chi connectivity index (χ1) is 19.9. The number of para-hydroxylation sites is 1. The number of hydrogen-bond donors (Lipinski definition) is 3. The third kappa shape index (κ3) is 12.5. The van der Waals surface area contributed by atoms with E-state index < -0.39 is 16.8 Å². The van der Waals surface area contributed by atoms with Gasteiger partial charge in [-0.15, -0.1) is 5.47 Å². The van der Waals surface area contributed by atoms with E-state index >= 15 is 0 Å². The number of benzene rings is 3. The lowest BCUT2D eigenvalue weighted by Crippen LogP contribution is -2.44. The molecule has 3 aromatic rings. The van der Waals surface area contributed by atoms with Gasteiger partial charge in [-0.1, -0.05) is 98.2 Å². The Labute approximate surface area is 268 Å². The highest BCUT2D eigenvalue weighted by molar-refractivity contribution is 6.32. The molecule has 0 amide bonds. The van der Waals surface area contributed by atoms with Gasteiger partial charge in [-0.25, -0.2) is 0 Å². The largest absolute Gasteiger partial charge is 0.412 e. The van der Waals surface area contributed by atoms with Crippen molar-refractivity contribution in [3.05, 3.63) is 103 Å². The summed E-state index contributed by atoms with van der Waals surface area (Å²) >= 11 is 0. The third-order valence-corrected chi connectivity index (χ3v) is 7.99. The first-order valence-electron chi connectivity index (χ1n) is 15.0. The fourth-order valence-corrected chi connectivity index (χ4v) is 3.70. The molecule has 1 aliphatic rings. The normalized spacial score (nSPS) is 14.7. The minimum Gasteiger partial charge on any atom is -0.412 e. The monoisotopic (exact) mass is 595 g/mol. The Hall–Kier alpha value is -3.09. The van der Waals surface area contributed by atoms with Crippen molar-refractivity contribution < 1.29 is 20.8 Å². The van der Waals surface area contributed by atoms with Gasteiger partial charge >= 0.3 is 0 Å². The zero-order valence-electron chi connectivity index (χ0n) is 27.8. The Morgan fingerprint density at radius 3 is 1.75 bits per heavy atom. The van der Waals surface area contributed by atoms with E-state index in [9.17, 15) is 0 Å². The van der Waals surface area contributed by atoms with Crippen molar-refractivity contribution >= 4 is 32.5 Å². The lowest BCUT2D eigenvalue weighted by Gasteiger charge is -2.31. The molecule has 1 unspecified atom stereocenters. The Morgan fingerprint density at radius 2 is 1.27 bits per heavy atom. The Balaban J connectivity index is 0.000000505. The molecule has 234 valence electrons. The summed E-state index contributed by atoms with van der Waals surface area (Å²) in [5, 5.41) is 27.3. The van der Waals surface area contributed by atoms with E-state index in [1.54, 1.807) is 27.7 Å². The molecule has 0 bridgehead atoms. The van der Waals surface area contributed by atoms with Crippen LogP contribution < -0.4 is 10.4 Å². The maximum absolute atomic E-state index is 9.10. The minimum atomic E-state index is -1.01. The molecule has 1 atom stereocenters. The smallest absolute Gasteiger partial charge is 0.113 e. The number of aliphatic hydroxyl groups is 3. The molecule has 0 saturated carbocycles. The van der Waals surface area contributed by atoms with Gasteiger partial charge in [0.05, 0.1) is 16.8 Å². The number of hydrogen-bond acceptors (Lipinski definition) is 4. The van der Waals surface area contributed by atoms with E-state index in [0.29, 0.717) is 11.8 Å². The molecule has 1 aliphatic carbocycles. The molecule has 0 heterocycles. The van der Waals surface area contributed by atoms with Crippen LogP contribution in [0.4, 0.5) is 11.4 Å². The second-order valence-corrected chi connectivity index (χ2v) is 13.1. The third-order valence-electron chi connectivity index (χ3n) is 7.99. The number of anilines is 2. The van der Waals surface area contributed by atoms with Crippen molar-refractivity contribution in [2.24, 2.45) is 11.8 Å². The molecule has 44 heavy (non-hydrogen) atoms. The van der Waals surface area contributed by atoms with E-state index in [1.807, 2.05) is 52.0 Å². The zero-order chi connectivity index (χ0) is 32.4. The van der Waals surface area contributed by atoms with Gasteiger partial charge < -0.3 is 25.7 Å². The van der Waals surface area contributed by atoms with E-state index in [0.717, 1.165) is 29.6 Å². The van der Waals surface area contributed by atoms with Crippen LogP contribution in [0, 0.1) is 11.8 Å². The molecular formula is C37H51B2NO4.